The van der Waals surface area contributed by atoms with Gasteiger partial charge in [0.15, 0.2) is 0 Å². The number of hydrazine groups is 1. The van der Waals surface area contributed by atoms with E-state index in [1.165, 1.54) is 0 Å². The van der Waals surface area contributed by atoms with Crippen LogP contribution in [-0.4, -0.2) is 29.1 Å². The second-order valence-corrected chi connectivity index (χ2v) is 5.44. The first-order chi connectivity index (χ1) is 9.93. The normalized spacial score (nSPS) is 13.1. The molecule has 7 heteroatoms. The van der Waals surface area contributed by atoms with Crippen LogP contribution in [0.5, 0.6) is 0 Å². The van der Waals surface area contributed by atoms with Crippen LogP contribution in [0.2, 0.25) is 0 Å². The van der Waals surface area contributed by atoms with Gasteiger partial charge in [-0.1, -0.05) is 44.2 Å². The summed E-state index contributed by atoms with van der Waals surface area (Å²) < 4.78 is 0. The number of carboxylic acid groups (broad SMARTS) is 1. The fraction of sp³-hybridized carbons (Fsp3) is 0.467. The molecule has 0 spiro atoms. The first-order valence-electron chi connectivity index (χ1n) is 6.97. The molecule has 2 unspecified atom stereocenters. The minimum atomic E-state index is -1.06. The van der Waals surface area contributed by atoms with Crippen LogP contribution in [0.1, 0.15) is 25.8 Å². The largest absolute Gasteiger partial charge is 0.480 e. The minimum absolute atomic E-state index is 0. The molecular formula is C15H25N3O3S. The monoisotopic (exact) mass is 327 g/mol. The molecule has 0 bridgehead atoms. The lowest BCUT2D eigenvalue weighted by Gasteiger charge is -2.21. The zero-order chi connectivity index (χ0) is 15.8. The molecule has 0 radical (unpaired) electrons. The number of carbonyl (C=O) groups is 2. The van der Waals surface area contributed by atoms with Crippen molar-refractivity contribution < 1.29 is 14.7 Å². The highest BCUT2D eigenvalue weighted by molar-refractivity contribution is 7.59. The molecule has 2 atom stereocenters. The molecule has 0 saturated carbocycles. The number of hydrogen-bond acceptors (Lipinski definition) is 4. The Morgan fingerprint density at radius 2 is 1.77 bits per heavy atom. The smallest absolute Gasteiger partial charge is 0.326 e. The number of aliphatic carboxylic acids is 1. The number of benzene rings is 1. The van der Waals surface area contributed by atoms with E-state index >= 15 is 0 Å². The Morgan fingerprint density at radius 1 is 1.18 bits per heavy atom. The third-order valence-corrected chi connectivity index (χ3v) is 3.12. The van der Waals surface area contributed by atoms with Gasteiger partial charge >= 0.3 is 5.97 Å². The quantitative estimate of drug-likeness (QED) is 0.417. The fourth-order valence-electron chi connectivity index (χ4n) is 2.04. The van der Waals surface area contributed by atoms with Gasteiger partial charge in [0.25, 0.3) is 0 Å². The second-order valence-electron chi connectivity index (χ2n) is 5.44. The standard InChI is InChI=1S/C15H23N3O3.H2S/c1-10(2)8-12(18-16)14(19)17-13(15(20)21)9-11-6-4-3-5-7-11;/h3-7,10,12-13,18H,8-9,16H2,1-2H3,(H,17,19)(H,20,21);1H2. The number of carboxylic acids is 1. The van der Waals surface area contributed by atoms with Crippen molar-refractivity contribution in [1.29, 1.82) is 0 Å². The number of hydrogen-bond donors (Lipinski definition) is 4. The fourth-order valence-corrected chi connectivity index (χ4v) is 2.04. The summed E-state index contributed by atoms with van der Waals surface area (Å²) in [4.78, 5) is 23.4. The summed E-state index contributed by atoms with van der Waals surface area (Å²) in [5.41, 5.74) is 3.29. The number of nitrogens with one attached hydrogen (secondary N) is 2. The van der Waals surface area contributed by atoms with Crippen molar-refractivity contribution in [3.8, 4) is 0 Å². The maximum atomic E-state index is 12.1. The van der Waals surface area contributed by atoms with Gasteiger partial charge in [0.2, 0.25) is 5.91 Å². The molecular weight excluding hydrogens is 302 g/mol. The van der Waals surface area contributed by atoms with Crippen LogP contribution in [0.15, 0.2) is 30.3 Å². The third kappa shape index (κ3) is 6.93. The zero-order valence-corrected chi connectivity index (χ0v) is 13.9. The van der Waals surface area contributed by atoms with E-state index < -0.39 is 24.0 Å². The number of rotatable bonds is 8. The molecule has 6 nitrogen and oxygen atoms in total. The summed E-state index contributed by atoms with van der Waals surface area (Å²) in [6.07, 6.45) is 0.779. The van der Waals surface area contributed by atoms with E-state index in [0.717, 1.165) is 5.56 Å². The van der Waals surface area contributed by atoms with E-state index in [1.807, 2.05) is 44.2 Å². The summed E-state index contributed by atoms with van der Waals surface area (Å²) >= 11 is 0. The highest BCUT2D eigenvalue weighted by Crippen LogP contribution is 2.07. The van der Waals surface area contributed by atoms with Crippen LogP contribution in [0.4, 0.5) is 0 Å². The maximum absolute atomic E-state index is 12.1. The number of amides is 1. The molecule has 1 amide bonds. The molecule has 0 saturated heterocycles. The van der Waals surface area contributed by atoms with Crippen molar-refractivity contribution in [3.63, 3.8) is 0 Å². The molecule has 0 heterocycles. The Morgan fingerprint density at radius 3 is 2.23 bits per heavy atom. The lowest BCUT2D eigenvalue weighted by Crippen LogP contribution is -2.53. The Kier molecular flexibility index (Phi) is 9.48. The first kappa shape index (κ1) is 20.4. The van der Waals surface area contributed by atoms with Gasteiger partial charge in [-0.2, -0.15) is 13.5 Å². The maximum Gasteiger partial charge on any atom is 0.326 e. The highest BCUT2D eigenvalue weighted by Gasteiger charge is 2.25. The molecule has 1 aromatic rings. The van der Waals surface area contributed by atoms with E-state index in [0.29, 0.717) is 6.42 Å². The molecule has 0 aliphatic heterocycles. The van der Waals surface area contributed by atoms with Crippen LogP contribution >= 0.6 is 13.5 Å². The van der Waals surface area contributed by atoms with Gasteiger partial charge < -0.3 is 10.4 Å². The average molecular weight is 327 g/mol. The molecule has 1 rings (SSSR count). The molecule has 0 aliphatic carbocycles. The van der Waals surface area contributed by atoms with Gasteiger partial charge in [-0.25, -0.2) is 10.2 Å². The first-order valence-corrected chi connectivity index (χ1v) is 6.97. The molecule has 0 fully saturated rings. The van der Waals surface area contributed by atoms with E-state index in [2.05, 4.69) is 10.7 Å². The van der Waals surface area contributed by atoms with Gasteiger partial charge in [-0.3, -0.25) is 10.6 Å². The van der Waals surface area contributed by atoms with Gasteiger partial charge in [0, 0.05) is 6.42 Å². The molecule has 0 aliphatic rings. The Labute approximate surface area is 137 Å². The van der Waals surface area contributed by atoms with Crippen molar-refractivity contribution >= 4 is 25.4 Å². The molecule has 22 heavy (non-hydrogen) atoms. The molecule has 5 N–H and O–H groups in total. The predicted octanol–water partition coefficient (Wildman–Crippen LogP) is 0.789. The van der Waals surface area contributed by atoms with E-state index in [9.17, 15) is 14.7 Å². The number of nitrogens with two attached hydrogens (primary N) is 1. The van der Waals surface area contributed by atoms with Gasteiger partial charge in [-0.05, 0) is 17.9 Å². The number of carbonyl (C=O) groups excluding carboxylic acids is 1. The predicted molar refractivity (Wildman–Crippen MR) is 90.7 cm³/mol. The summed E-state index contributed by atoms with van der Waals surface area (Å²) in [5, 5.41) is 11.8. The topological polar surface area (TPSA) is 104 Å². The Hall–Kier alpha value is -1.57. The van der Waals surface area contributed by atoms with Gasteiger partial charge in [0.1, 0.15) is 6.04 Å². The van der Waals surface area contributed by atoms with Crippen molar-refractivity contribution in [2.24, 2.45) is 11.8 Å². The van der Waals surface area contributed by atoms with E-state index in [1.54, 1.807) is 0 Å². The highest BCUT2D eigenvalue weighted by atomic mass is 32.1. The lowest BCUT2D eigenvalue weighted by molar-refractivity contribution is -0.142. The van der Waals surface area contributed by atoms with Crippen molar-refractivity contribution in [2.75, 3.05) is 0 Å². The summed E-state index contributed by atoms with van der Waals surface area (Å²) in [7, 11) is 0. The second kappa shape index (κ2) is 10.2. The average Bonchev–Trinajstić information content (AvgIpc) is 2.44. The zero-order valence-electron chi connectivity index (χ0n) is 12.9. The van der Waals surface area contributed by atoms with Crippen LogP contribution < -0.4 is 16.6 Å². The van der Waals surface area contributed by atoms with Gasteiger partial charge in [-0.15, -0.1) is 0 Å². The summed E-state index contributed by atoms with van der Waals surface area (Å²) in [6.45, 7) is 3.94. The van der Waals surface area contributed by atoms with Crippen LogP contribution in [0, 0.1) is 5.92 Å². The molecule has 124 valence electrons. The minimum Gasteiger partial charge on any atom is -0.480 e. The van der Waals surface area contributed by atoms with E-state index in [-0.39, 0.29) is 25.8 Å². The van der Waals surface area contributed by atoms with Crippen molar-refractivity contribution in [1.82, 2.24) is 10.7 Å². The van der Waals surface area contributed by atoms with Crippen LogP contribution in [-0.2, 0) is 16.0 Å². The summed E-state index contributed by atoms with van der Waals surface area (Å²) in [6, 6.07) is 7.61. The van der Waals surface area contributed by atoms with Crippen LogP contribution in [0.3, 0.4) is 0 Å². The molecule has 0 aromatic heterocycles. The lowest BCUT2D eigenvalue weighted by atomic mass is 10.0. The van der Waals surface area contributed by atoms with E-state index in [4.69, 9.17) is 5.84 Å². The van der Waals surface area contributed by atoms with Crippen molar-refractivity contribution in [2.45, 2.75) is 38.8 Å². The van der Waals surface area contributed by atoms with Crippen molar-refractivity contribution in [3.05, 3.63) is 35.9 Å². The Bertz CT molecular complexity index is 468. The van der Waals surface area contributed by atoms with Gasteiger partial charge in [0.05, 0.1) is 6.04 Å². The van der Waals surface area contributed by atoms with Crippen LogP contribution in [0.25, 0.3) is 0 Å². The Balaban J connectivity index is 0.00000441. The summed E-state index contributed by atoms with van der Waals surface area (Å²) in [5.74, 6) is 4.18. The third-order valence-electron chi connectivity index (χ3n) is 3.12. The molecule has 1 aromatic carbocycles. The SMILES string of the molecule is CC(C)CC(NN)C(=O)NC(Cc1ccccc1)C(=O)O.S.